The highest BCUT2D eigenvalue weighted by atomic mass is 15.1. The van der Waals surface area contributed by atoms with Crippen molar-refractivity contribution in [1.82, 2.24) is 14.9 Å². The first-order chi connectivity index (χ1) is 10.0. The molecular weight excluding hydrogens is 262 g/mol. The molecule has 1 aliphatic heterocycles. The van der Waals surface area contributed by atoms with Crippen LogP contribution in [0.5, 0.6) is 0 Å². The van der Waals surface area contributed by atoms with Gasteiger partial charge in [0.1, 0.15) is 18.0 Å². The van der Waals surface area contributed by atoms with Gasteiger partial charge in [0.05, 0.1) is 0 Å². The van der Waals surface area contributed by atoms with E-state index in [4.69, 9.17) is 0 Å². The van der Waals surface area contributed by atoms with Crippen LogP contribution in [0.3, 0.4) is 0 Å². The number of hydrogen-bond donors (Lipinski definition) is 2. The van der Waals surface area contributed by atoms with Gasteiger partial charge in [-0.15, -0.1) is 0 Å². The number of nitrogens with one attached hydrogen (secondary N) is 2. The molecule has 0 spiro atoms. The van der Waals surface area contributed by atoms with Crippen molar-refractivity contribution in [2.75, 3.05) is 43.9 Å². The quantitative estimate of drug-likeness (QED) is 0.844. The standard InChI is InChI=1S/C16H29N5/c1-5-8-17-14-13(2)15(20-12-19-14)18-11-16(3)6-9-21(4)10-7-16/h12H,5-11H2,1-4H3,(H2,17,18,19,20). The summed E-state index contributed by atoms with van der Waals surface area (Å²) in [5.41, 5.74) is 1.48. The van der Waals surface area contributed by atoms with Crippen LogP contribution in [0.2, 0.25) is 0 Å². The van der Waals surface area contributed by atoms with Gasteiger partial charge in [0.2, 0.25) is 0 Å². The van der Waals surface area contributed by atoms with Crippen LogP contribution in [0.1, 0.15) is 38.7 Å². The molecule has 2 N–H and O–H groups in total. The minimum absolute atomic E-state index is 0.362. The maximum atomic E-state index is 4.40. The largest absolute Gasteiger partial charge is 0.370 e. The summed E-state index contributed by atoms with van der Waals surface area (Å²) >= 11 is 0. The summed E-state index contributed by atoms with van der Waals surface area (Å²) in [4.78, 5) is 11.1. The third-order valence-corrected chi connectivity index (χ3v) is 4.50. The van der Waals surface area contributed by atoms with E-state index in [1.165, 1.54) is 25.9 Å². The smallest absolute Gasteiger partial charge is 0.134 e. The monoisotopic (exact) mass is 291 g/mol. The second-order valence-electron chi connectivity index (χ2n) is 6.59. The lowest BCUT2D eigenvalue weighted by atomic mass is 9.80. The van der Waals surface area contributed by atoms with Gasteiger partial charge in [-0.05, 0) is 51.7 Å². The number of nitrogens with zero attached hydrogens (tertiary/aromatic N) is 3. The van der Waals surface area contributed by atoms with E-state index < -0.39 is 0 Å². The maximum Gasteiger partial charge on any atom is 0.134 e. The van der Waals surface area contributed by atoms with Crippen LogP contribution in [-0.2, 0) is 0 Å². The van der Waals surface area contributed by atoms with E-state index in [1.54, 1.807) is 6.33 Å². The van der Waals surface area contributed by atoms with Crippen molar-refractivity contribution in [2.45, 2.75) is 40.0 Å². The summed E-state index contributed by atoms with van der Waals surface area (Å²) < 4.78 is 0. The van der Waals surface area contributed by atoms with Gasteiger partial charge in [-0.1, -0.05) is 13.8 Å². The Morgan fingerprint density at radius 3 is 2.43 bits per heavy atom. The molecule has 1 aliphatic rings. The van der Waals surface area contributed by atoms with Crippen LogP contribution in [-0.4, -0.2) is 48.1 Å². The molecule has 0 unspecified atom stereocenters. The molecule has 2 heterocycles. The molecule has 1 aromatic heterocycles. The molecule has 0 atom stereocenters. The number of anilines is 2. The minimum atomic E-state index is 0.362. The molecule has 1 saturated heterocycles. The summed E-state index contributed by atoms with van der Waals surface area (Å²) in [5, 5.41) is 6.90. The van der Waals surface area contributed by atoms with E-state index in [1.807, 2.05) is 0 Å². The molecule has 0 bridgehead atoms. The molecule has 5 nitrogen and oxygen atoms in total. The Morgan fingerprint density at radius 1 is 1.19 bits per heavy atom. The second-order valence-corrected chi connectivity index (χ2v) is 6.59. The van der Waals surface area contributed by atoms with Crippen LogP contribution in [0.25, 0.3) is 0 Å². The molecule has 0 radical (unpaired) electrons. The van der Waals surface area contributed by atoms with Gasteiger partial charge in [-0.2, -0.15) is 0 Å². The molecular formula is C16H29N5. The van der Waals surface area contributed by atoms with Crippen LogP contribution < -0.4 is 10.6 Å². The van der Waals surface area contributed by atoms with Crippen molar-refractivity contribution >= 4 is 11.6 Å². The highest BCUT2D eigenvalue weighted by Gasteiger charge is 2.28. The first-order valence-electron chi connectivity index (χ1n) is 8.02. The highest BCUT2D eigenvalue weighted by molar-refractivity contribution is 5.56. The maximum absolute atomic E-state index is 4.40. The lowest BCUT2D eigenvalue weighted by Crippen LogP contribution is -2.40. The lowest BCUT2D eigenvalue weighted by Gasteiger charge is -2.38. The van der Waals surface area contributed by atoms with Crippen molar-refractivity contribution in [3.8, 4) is 0 Å². The predicted molar refractivity (Wildman–Crippen MR) is 88.9 cm³/mol. The Morgan fingerprint density at radius 2 is 1.81 bits per heavy atom. The van der Waals surface area contributed by atoms with Crippen LogP contribution in [0.4, 0.5) is 11.6 Å². The minimum Gasteiger partial charge on any atom is -0.370 e. The Kier molecular flexibility index (Phi) is 5.39. The molecule has 2 rings (SSSR count). The van der Waals surface area contributed by atoms with E-state index in [2.05, 4.69) is 53.3 Å². The van der Waals surface area contributed by atoms with Crippen molar-refractivity contribution in [3.05, 3.63) is 11.9 Å². The zero-order valence-corrected chi connectivity index (χ0v) is 13.9. The van der Waals surface area contributed by atoms with Gasteiger partial charge in [0.15, 0.2) is 0 Å². The van der Waals surface area contributed by atoms with Crippen LogP contribution >= 0.6 is 0 Å². The van der Waals surface area contributed by atoms with Crippen molar-refractivity contribution in [3.63, 3.8) is 0 Å². The third kappa shape index (κ3) is 4.30. The molecule has 118 valence electrons. The van der Waals surface area contributed by atoms with Gasteiger partial charge in [-0.3, -0.25) is 0 Å². The van der Waals surface area contributed by atoms with E-state index in [9.17, 15) is 0 Å². The van der Waals surface area contributed by atoms with E-state index in [0.717, 1.165) is 36.7 Å². The number of rotatable bonds is 6. The lowest BCUT2D eigenvalue weighted by molar-refractivity contribution is 0.150. The fourth-order valence-electron chi connectivity index (χ4n) is 2.68. The Balaban J connectivity index is 1.96. The molecule has 5 heteroatoms. The zero-order chi connectivity index (χ0) is 15.3. The Labute approximate surface area is 128 Å². The highest BCUT2D eigenvalue weighted by Crippen LogP contribution is 2.31. The summed E-state index contributed by atoms with van der Waals surface area (Å²) in [6.45, 7) is 10.9. The van der Waals surface area contributed by atoms with Gasteiger partial charge in [-0.25, -0.2) is 9.97 Å². The van der Waals surface area contributed by atoms with Gasteiger partial charge in [0, 0.05) is 18.7 Å². The summed E-state index contributed by atoms with van der Waals surface area (Å²) in [7, 11) is 2.20. The van der Waals surface area contributed by atoms with Crippen molar-refractivity contribution < 1.29 is 0 Å². The van der Waals surface area contributed by atoms with E-state index in [-0.39, 0.29) is 0 Å². The summed E-state index contributed by atoms with van der Waals surface area (Å²) in [6.07, 6.45) is 5.21. The SMILES string of the molecule is CCCNc1ncnc(NCC2(C)CCN(C)CC2)c1C. The fraction of sp³-hybridized carbons (Fsp3) is 0.750. The normalized spacial score (nSPS) is 18.5. The first kappa shape index (κ1) is 16.0. The number of piperidine rings is 1. The zero-order valence-electron chi connectivity index (χ0n) is 13.9. The van der Waals surface area contributed by atoms with Gasteiger partial charge < -0.3 is 15.5 Å². The molecule has 0 aromatic carbocycles. The third-order valence-electron chi connectivity index (χ3n) is 4.50. The average molecular weight is 291 g/mol. The summed E-state index contributed by atoms with van der Waals surface area (Å²) in [6, 6.07) is 0. The summed E-state index contributed by atoms with van der Waals surface area (Å²) in [5.74, 6) is 1.91. The Bertz CT molecular complexity index is 452. The topological polar surface area (TPSA) is 53.1 Å². The molecule has 1 fully saturated rings. The predicted octanol–water partition coefficient (Wildman–Crippen LogP) is 2.75. The average Bonchev–Trinajstić information content (AvgIpc) is 2.48. The molecule has 1 aromatic rings. The second kappa shape index (κ2) is 7.07. The van der Waals surface area contributed by atoms with Crippen molar-refractivity contribution in [2.24, 2.45) is 5.41 Å². The van der Waals surface area contributed by atoms with E-state index >= 15 is 0 Å². The number of likely N-dealkylation sites (tertiary alicyclic amines) is 1. The Hall–Kier alpha value is -1.36. The first-order valence-corrected chi connectivity index (χ1v) is 8.02. The fourth-order valence-corrected chi connectivity index (χ4v) is 2.68. The van der Waals surface area contributed by atoms with Gasteiger partial charge >= 0.3 is 0 Å². The number of hydrogen-bond acceptors (Lipinski definition) is 5. The van der Waals surface area contributed by atoms with Crippen LogP contribution in [0, 0.1) is 12.3 Å². The van der Waals surface area contributed by atoms with Crippen molar-refractivity contribution in [1.29, 1.82) is 0 Å². The number of aromatic nitrogens is 2. The molecule has 21 heavy (non-hydrogen) atoms. The van der Waals surface area contributed by atoms with Crippen LogP contribution in [0.15, 0.2) is 6.33 Å². The molecule has 0 amide bonds. The van der Waals surface area contributed by atoms with E-state index in [0.29, 0.717) is 5.41 Å². The van der Waals surface area contributed by atoms with Gasteiger partial charge in [0.25, 0.3) is 0 Å². The molecule has 0 saturated carbocycles. The molecule has 0 aliphatic carbocycles.